The second-order valence-corrected chi connectivity index (χ2v) is 21.5. The van der Waals surface area contributed by atoms with E-state index in [9.17, 15) is 0 Å². The Labute approximate surface area is 479 Å². The Morgan fingerprint density at radius 1 is 0.253 bits per heavy atom. The first kappa shape index (κ1) is 47.9. The van der Waals surface area contributed by atoms with Gasteiger partial charge in [0, 0.05) is 71.5 Å². The molecule has 390 valence electrons. The molecule has 16 rings (SSSR count). The Hall–Kier alpha value is -11.0. The highest BCUT2D eigenvalue weighted by Gasteiger charge is 2.26. The number of aromatic nitrogens is 7. The molecule has 7 heteroatoms. The SMILES string of the molecule is Cc1ccc2c(c1)c1cc(C)ccc1n2-c1nc(-c2ccc(-n3c4ccccc4c4ccccc43)cc2)cc(-c2ccccc2-c2nc(-c3ccccc3)nc(-c3ccccc3)n2)c1-c1ccc(-n2c3ccccc3c3ccccc32)cc1. The van der Waals surface area contributed by atoms with Crippen LogP contribution >= 0.6 is 0 Å². The van der Waals surface area contributed by atoms with Crippen molar-refractivity contribution in [3.8, 4) is 84.9 Å². The third-order valence-corrected chi connectivity index (χ3v) is 16.4. The van der Waals surface area contributed by atoms with Crippen molar-refractivity contribution in [1.29, 1.82) is 0 Å². The summed E-state index contributed by atoms with van der Waals surface area (Å²) in [7, 11) is 0. The van der Waals surface area contributed by atoms with Gasteiger partial charge >= 0.3 is 0 Å². The summed E-state index contributed by atoms with van der Waals surface area (Å²) in [5.41, 5.74) is 19.7. The molecule has 0 saturated carbocycles. The molecule has 16 aromatic rings. The number of hydrogen-bond donors (Lipinski definition) is 0. The van der Waals surface area contributed by atoms with Crippen molar-refractivity contribution in [3.63, 3.8) is 0 Å². The van der Waals surface area contributed by atoms with Crippen molar-refractivity contribution in [2.45, 2.75) is 13.8 Å². The Bertz CT molecular complexity index is 4980. The molecule has 7 nitrogen and oxygen atoms in total. The number of aryl methyl sites for hydroxylation is 2. The van der Waals surface area contributed by atoms with Gasteiger partial charge in [-0.3, -0.25) is 4.57 Å². The van der Waals surface area contributed by atoms with Crippen LogP contribution in [0.2, 0.25) is 0 Å². The van der Waals surface area contributed by atoms with Crippen molar-refractivity contribution in [2.75, 3.05) is 0 Å². The van der Waals surface area contributed by atoms with E-state index in [-0.39, 0.29) is 0 Å². The maximum Gasteiger partial charge on any atom is 0.164 e. The molecule has 0 radical (unpaired) electrons. The van der Waals surface area contributed by atoms with E-state index >= 15 is 0 Å². The number of para-hydroxylation sites is 4. The van der Waals surface area contributed by atoms with E-state index in [4.69, 9.17) is 19.9 Å². The highest BCUT2D eigenvalue weighted by Crippen LogP contribution is 2.46. The van der Waals surface area contributed by atoms with Gasteiger partial charge in [0.15, 0.2) is 17.5 Å². The van der Waals surface area contributed by atoms with Gasteiger partial charge in [0.05, 0.1) is 38.8 Å². The monoisotopic (exact) mass is 1060 g/mol. The lowest BCUT2D eigenvalue weighted by Crippen LogP contribution is -2.06. The third-order valence-electron chi connectivity index (χ3n) is 16.4. The minimum atomic E-state index is 0.569. The highest BCUT2D eigenvalue weighted by molar-refractivity contribution is 6.12. The van der Waals surface area contributed by atoms with Crippen LogP contribution in [0.3, 0.4) is 0 Å². The fourth-order valence-corrected chi connectivity index (χ4v) is 12.6. The summed E-state index contributed by atoms with van der Waals surface area (Å²) in [6, 6.07) is 97.5. The molecule has 0 fully saturated rings. The lowest BCUT2D eigenvalue weighted by molar-refractivity contribution is 1.07. The minimum Gasteiger partial charge on any atom is -0.309 e. The summed E-state index contributed by atoms with van der Waals surface area (Å²) in [5.74, 6) is 2.57. The van der Waals surface area contributed by atoms with Crippen LogP contribution in [0, 0.1) is 13.8 Å². The molecule has 0 spiro atoms. The van der Waals surface area contributed by atoms with Gasteiger partial charge in [0.25, 0.3) is 0 Å². The van der Waals surface area contributed by atoms with Crippen molar-refractivity contribution < 1.29 is 0 Å². The van der Waals surface area contributed by atoms with Gasteiger partial charge in [-0.25, -0.2) is 19.9 Å². The summed E-state index contributed by atoms with van der Waals surface area (Å²) in [6.45, 7) is 4.35. The van der Waals surface area contributed by atoms with Crippen molar-refractivity contribution in [3.05, 3.63) is 284 Å². The predicted molar refractivity (Wildman–Crippen MR) is 343 cm³/mol. The Balaban J connectivity index is 0.990. The molecular formula is C76H51N7. The number of rotatable bonds is 9. The van der Waals surface area contributed by atoms with E-state index < -0.39 is 0 Å². The minimum absolute atomic E-state index is 0.569. The van der Waals surface area contributed by atoms with Gasteiger partial charge in [-0.1, -0.05) is 205 Å². The first-order chi connectivity index (χ1) is 41.0. The highest BCUT2D eigenvalue weighted by atomic mass is 15.1. The normalized spacial score (nSPS) is 11.7. The Morgan fingerprint density at radius 3 is 1.11 bits per heavy atom. The average Bonchev–Trinajstić information content (AvgIpc) is 3.69. The molecule has 0 aliphatic carbocycles. The van der Waals surface area contributed by atoms with E-state index in [1.54, 1.807) is 0 Å². The quantitative estimate of drug-likeness (QED) is 0.144. The lowest BCUT2D eigenvalue weighted by Gasteiger charge is -2.21. The average molecular weight is 1060 g/mol. The second-order valence-electron chi connectivity index (χ2n) is 21.5. The zero-order chi connectivity index (χ0) is 55.1. The molecule has 11 aromatic carbocycles. The fourth-order valence-electron chi connectivity index (χ4n) is 12.6. The van der Waals surface area contributed by atoms with E-state index in [0.717, 1.165) is 100 Å². The predicted octanol–water partition coefficient (Wildman–Crippen LogP) is 19.2. The number of nitrogens with zero attached hydrogens (tertiary/aromatic N) is 7. The molecule has 0 unspecified atom stereocenters. The first-order valence-electron chi connectivity index (χ1n) is 28.2. The molecule has 0 amide bonds. The molecule has 0 aliphatic heterocycles. The number of benzene rings is 11. The summed E-state index contributed by atoms with van der Waals surface area (Å²) < 4.78 is 7.14. The molecule has 5 heterocycles. The van der Waals surface area contributed by atoms with Crippen molar-refractivity contribution in [1.82, 2.24) is 33.6 Å². The van der Waals surface area contributed by atoms with E-state index in [2.05, 4.69) is 264 Å². The number of pyridine rings is 1. The Kier molecular flexibility index (Phi) is 11.2. The van der Waals surface area contributed by atoms with Gasteiger partial charge in [0.1, 0.15) is 5.82 Å². The van der Waals surface area contributed by atoms with Crippen molar-refractivity contribution in [2.24, 2.45) is 0 Å². The largest absolute Gasteiger partial charge is 0.309 e. The smallest absolute Gasteiger partial charge is 0.164 e. The van der Waals surface area contributed by atoms with Gasteiger partial charge in [-0.15, -0.1) is 0 Å². The van der Waals surface area contributed by atoms with Crippen LogP contribution in [-0.4, -0.2) is 33.6 Å². The van der Waals surface area contributed by atoms with E-state index in [1.165, 1.54) is 43.4 Å². The molecule has 0 saturated heterocycles. The van der Waals surface area contributed by atoms with E-state index in [1.807, 2.05) is 36.4 Å². The third kappa shape index (κ3) is 7.96. The van der Waals surface area contributed by atoms with Crippen LogP contribution in [0.5, 0.6) is 0 Å². The zero-order valence-electron chi connectivity index (χ0n) is 45.6. The maximum atomic E-state index is 5.96. The number of fused-ring (bicyclic) bond motifs is 9. The van der Waals surface area contributed by atoms with Gasteiger partial charge in [-0.05, 0) is 109 Å². The van der Waals surface area contributed by atoms with Crippen LogP contribution in [0.4, 0.5) is 0 Å². The molecule has 83 heavy (non-hydrogen) atoms. The van der Waals surface area contributed by atoms with Crippen LogP contribution in [0.25, 0.3) is 150 Å². The molecule has 0 atom stereocenters. The lowest BCUT2D eigenvalue weighted by atomic mass is 9.90. The topological polar surface area (TPSA) is 66.3 Å². The molecule has 0 aliphatic rings. The summed E-state index contributed by atoms with van der Waals surface area (Å²) >= 11 is 0. The first-order valence-corrected chi connectivity index (χ1v) is 28.2. The molecule has 0 bridgehead atoms. The molecule has 5 aromatic heterocycles. The van der Waals surface area contributed by atoms with Crippen LogP contribution in [0.1, 0.15) is 11.1 Å². The summed E-state index contributed by atoms with van der Waals surface area (Å²) in [4.78, 5) is 21.8. The zero-order valence-corrected chi connectivity index (χ0v) is 45.6. The van der Waals surface area contributed by atoms with E-state index in [0.29, 0.717) is 17.5 Å². The van der Waals surface area contributed by atoms with Gasteiger partial charge in [-0.2, -0.15) is 0 Å². The molecular weight excluding hydrogens is 1010 g/mol. The standard InChI is InChI=1S/C76H51N7/c1-48-33-43-70-62(45-48)63-46-49(2)34-44-71(63)83(70)76-72(51-37-41-55(42-38-51)82-68-31-17-13-26-59(68)60-27-14-18-32-69(60)82)64(47-65(77-76)50-35-39-54(40-36-50)81-66-29-15-11-24-57(66)58-25-12-16-30-67(58)81)56-23-9-10-28-61(56)75-79-73(52-19-5-3-6-20-52)78-74(80-75)53-21-7-4-8-22-53/h3-47H,1-2H3. The van der Waals surface area contributed by atoms with Crippen LogP contribution in [-0.2, 0) is 0 Å². The van der Waals surface area contributed by atoms with Crippen molar-refractivity contribution >= 4 is 65.4 Å². The number of hydrogen-bond acceptors (Lipinski definition) is 4. The van der Waals surface area contributed by atoms with Crippen LogP contribution in [0.15, 0.2) is 273 Å². The van der Waals surface area contributed by atoms with Gasteiger partial charge in [0.2, 0.25) is 0 Å². The summed E-state index contributed by atoms with van der Waals surface area (Å²) in [5, 5.41) is 7.24. The molecule has 0 N–H and O–H groups in total. The Morgan fingerprint density at radius 2 is 0.639 bits per heavy atom. The fraction of sp³-hybridized carbons (Fsp3) is 0.0263. The van der Waals surface area contributed by atoms with Crippen LogP contribution < -0.4 is 0 Å². The second kappa shape index (κ2) is 19.4. The maximum absolute atomic E-state index is 5.96. The summed E-state index contributed by atoms with van der Waals surface area (Å²) in [6.07, 6.45) is 0. The van der Waals surface area contributed by atoms with Gasteiger partial charge < -0.3 is 9.13 Å².